The second-order valence-corrected chi connectivity index (χ2v) is 13.4. The van der Waals surface area contributed by atoms with E-state index in [1.54, 1.807) is 22.5 Å². The van der Waals surface area contributed by atoms with Crippen LogP contribution in [0.5, 0.6) is 0 Å². The smallest absolute Gasteiger partial charge is 0.377 e. The van der Waals surface area contributed by atoms with Crippen molar-refractivity contribution in [1.82, 2.24) is 34.0 Å². The number of carbonyl (C=O) groups excluding carboxylic acids is 2. The van der Waals surface area contributed by atoms with E-state index in [1.165, 1.54) is 24.7 Å². The minimum atomic E-state index is -4.52. The van der Waals surface area contributed by atoms with Crippen molar-refractivity contribution in [2.45, 2.75) is 77.4 Å². The maximum Gasteiger partial charge on any atom is 0.416 e. The number of benzene rings is 1. The van der Waals surface area contributed by atoms with Gasteiger partial charge in [0.05, 0.1) is 18.8 Å². The Labute approximate surface area is 285 Å². The molecule has 4 aromatic rings. The number of anilines is 1. The molecule has 1 fully saturated rings. The van der Waals surface area contributed by atoms with E-state index in [0.717, 1.165) is 30.5 Å². The number of alkyl halides is 3. The van der Waals surface area contributed by atoms with Crippen molar-refractivity contribution in [2.24, 2.45) is 0 Å². The van der Waals surface area contributed by atoms with Crippen LogP contribution >= 0.6 is 0 Å². The Morgan fingerprint density at radius 2 is 1.76 bits per heavy atom. The molecular formula is C35H37F3N8O4. The molecule has 3 aromatic heterocycles. The zero-order valence-corrected chi connectivity index (χ0v) is 28.1. The highest BCUT2D eigenvalue weighted by Gasteiger charge is 2.44. The van der Waals surface area contributed by atoms with Gasteiger partial charge in [0.2, 0.25) is 11.7 Å². The summed E-state index contributed by atoms with van der Waals surface area (Å²) in [6, 6.07) is 3.69. The van der Waals surface area contributed by atoms with Gasteiger partial charge >= 0.3 is 6.18 Å². The molecule has 1 saturated heterocycles. The molecule has 1 aliphatic carbocycles. The van der Waals surface area contributed by atoms with Crippen LogP contribution in [0.15, 0.2) is 35.4 Å². The number of likely N-dealkylation sites (tertiary alicyclic amines) is 1. The van der Waals surface area contributed by atoms with Gasteiger partial charge in [-0.2, -0.15) is 22.7 Å². The Hall–Kier alpha value is -4.92. The fraction of sp³-hybridized carbons (Fsp3) is 0.457. The predicted molar refractivity (Wildman–Crippen MR) is 177 cm³/mol. The first kappa shape index (κ1) is 33.6. The standard InChI is InChI=1S/C35H37F3N8O4/c1-20-15-24(35(36,37)38)16-21(2)29(20)41-27(47)18-45-26-5-4-8-34(9-11-44(12-10-34)31(48)25-17-22(3)39-19-40-25)28(26)32(49)46-33(45)42-30(43-46)23-6-13-50-14-7-23/h6,15-17,19H,4-5,7-14,18H2,1-3H3,(H,41,47). The average Bonchev–Trinajstić information content (AvgIpc) is 3.54. The molecule has 2 aliphatic heterocycles. The van der Waals surface area contributed by atoms with Crippen LogP contribution in [0.4, 0.5) is 18.9 Å². The zero-order valence-electron chi connectivity index (χ0n) is 28.1. The van der Waals surface area contributed by atoms with Crippen LogP contribution in [0.2, 0.25) is 0 Å². The van der Waals surface area contributed by atoms with E-state index in [-0.39, 0.29) is 34.9 Å². The second kappa shape index (κ2) is 12.8. The third-order valence-electron chi connectivity index (χ3n) is 10.2. The van der Waals surface area contributed by atoms with Crippen molar-refractivity contribution in [3.05, 3.63) is 86.1 Å². The summed E-state index contributed by atoms with van der Waals surface area (Å²) in [5, 5.41) is 7.48. The van der Waals surface area contributed by atoms with Crippen molar-refractivity contribution >= 4 is 28.9 Å². The van der Waals surface area contributed by atoms with Crippen molar-refractivity contribution < 1.29 is 27.5 Å². The number of halogens is 3. The SMILES string of the molecule is Cc1cc(C(=O)N2CCC3(CCCc4c3c(=O)n3nc(C5=CCOCC5)nc3n4CC(=O)Nc3c(C)cc(C(F)(F)F)cc3C)CC2)ncn1. The number of amides is 2. The molecule has 7 rings (SSSR count). The van der Waals surface area contributed by atoms with Crippen LogP contribution in [-0.2, 0) is 34.1 Å². The third-order valence-corrected chi connectivity index (χ3v) is 10.2. The van der Waals surface area contributed by atoms with Crippen LogP contribution < -0.4 is 10.9 Å². The number of nitrogens with zero attached hydrogens (tertiary/aromatic N) is 7. The summed E-state index contributed by atoms with van der Waals surface area (Å²) in [5.41, 5.74) is 2.36. The Kier molecular flexibility index (Phi) is 8.57. The molecule has 0 atom stereocenters. The first-order valence-electron chi connectivity index (χ1n) is 16.7. The molecule has 0 bridgehead atoms. The number of nitrogens with one attached hydrogen (secondary N) is 1. The average molecular weight is 691 g/mol. The van der Waals surface area contributed by atoms with E-state index in [1.807, 2.05) is 6.08 Å². The van der Waals surface area contributed by atoms with Gasteiger partial charge < -0.3 is 19.5 Å². The van der Waals surface area contributed by atoms with Gasteiger partial charge in [0, 0.05) is 41.1 Å². The quantitative estimate of drug-likeness (QED) is 0.322. The van der Waals surface area contributed by atoms with Crippen molar-refractivity contribution in [3.8, 4) is 0 Å². The van der Waals surface area contributed by atoms with Crippen LogP contribution in [0.3, 0.4) is 0 Å². The second-order valence-electron chi connectivity index (χ2n) is 13.4. The van der Waals surface area contributed by atoms with E-state index < -0.39 is 23.1 Å². The molecule has 15 heteroatoms. The van der Waals surface area contributed by atoms with E-state index >= 15 is 0 Å². The van der Waals surface area contributed by atoms with Gasteiger partial charge in [0.15, 0.2) is 5.82 Å². The Morgan fingerprint density at radius 3 is 2.42 bits per heavy atom. The molecule has 12 nitrogen and oxygen atoms in total. The molecule has 0 radical (unpaired) electrons. The Morgan fingerprint density at radius 1 is 1.02 bits per heavy atom. The molecule has 262 valence electrons. The van der Waals surface area contributed by atoms with Crippen LogP contribution in [0, 0.1) is 20.8 Å². The molecule has 1 N–H and O–H groups in total. The highest BCUT2D eigenvalue weighted by atomic mass is 19.4. The number of aromatic nitrogens is 6. The molecule has 1 spiro atoms. The fourth-order valence-corrected chi connectivity index (χ4v) is 7.66. The Bertz CT molecular complexity index is 2090. The summed E-state index contributed by atoms with van der Waals surface area (Å²) >= 11 is 0. The molecule has 3 aliphatic rings. The number of aryl methyl sites for hydroxylation is 3. The lowest BCUT2D eigenvalue weighted by atomic mass is 9.66. The maximum absolute atomic E-state index is 14.5. The number of hydrogen-bond acceptors (Lipinski definition) is 8. The summed E-state index contributed by atoms with van der Waals surface area (Å²) in [5.74, 6) is -0.0639. The minimum absolute atomic E-state index is 0.189. The summed E-state index contributed by atoms with van der Waals surface area (Å²) < 4.78 is 48.8. The molecular weight excluding hydrogens is 653 g/mol. The number of carbonyl (C=O) groups is 2. The van der Waals surface area contributed by atoms with Crippen molar-refractivity contribution in [3.63, 3.8) is 0 Å². The number of fused-ring (bicyclic) bond motifs is 3. The third kappa shape index (κ3) is 6.07. The Balaban J connectivity index is 1.27. The van der Waals surface area contributed by atoms with Crippen LogP contribution in [0.1, 0.15) is 82.1 Å². The van der Waals surface area contributed by atoms with Gasteiger partial charge in [-0.25, -0.2) is 9.97 Å². The van der Waals surface area contributed by atoms with E-state index in [2.05, 4.69) is 20.4 Å². The largest absolute Gasteiger partial charge is 0.416 e. The first-order valence-corrected chi connectivity index (χ1v) is 16.7. The summed E-state index contributed by atoms with van der Waals surface area (Å²) in [6.45, 7) is 6.33. The molecule has 1 aromatic carbocycles. The van der Waals surface area contributed by atoms with E-state index in [0.29, 0.717) is 86.1 Å². The van der Waals surface area contributed by atoms with Gasteiger partial charge in [-0.15, -0.1) is 5.10 Å². The van der Waals surface area contributed by atoms with Crippen LogP contribution in [-0.4, -0.2) is 72.2 Å². The number of ether oxygens (including phenoxy) is 1. The van der Waals surface area contributed by atoms with E-state index in [4.69, 9.17) is 9.72 Å². The molecule has 2 amide bonds. The highest BCUT2D eigenvalue weighted by molar-refractivity contribution is 5.93. The summed E-state index contributed by atoms with van der Waals surface area (Å²) in [7, 11) is 0. The number of piperidine rings is 1. The van der Waals surface area contributed by atoms with E-state index in [9.17, 15) is 27.6 Å². The number of hydrogen-bond donors (Lipinski definition) is 1. The summed E-state index contributed by atoms with van der Waals surface area (Å²) in [4.78, 5) is 56.3. The van der Waals surface area contributed by atoms with Gasteiger partial charge in [-0.05, 0) is 94.2 Å². The molecule has 5 heterocycles. The minimum Gasteiger partial charge on any atom is -0.377 e. The first-order chi connectivity index (χ1) is 23.8. The van der Waals surface area contributed by atoms with Gasteiger partial charge in [0.1, 0.15) is 18.6 Å². The van der Waals surface area contributed by atoms with Gasteiger partial charge in [-0.1, -0.05) is 6.08 Å². The monoisotopic (exact) mass is 690 g/mol. The topological polar surface area (TPSA) is 137 Å². The molecule has 50 heavy (non-hydrogen) atoms. The molecule has 0 unspecified atom stereocenters. The molecule has 0 saturated carbocycles. The lowest BCUT2D eigenvalue weighted by molar-refractivity contribution is -0.137. The highest BCUT2D eigenvalue weighted by Crippen LogP contribution is 2.44. The predicted octanol–water partition coefficient (Wildman–Crippen LogP) is 4.58. The lowest BCUT2D eigenvalue weighted by Gasteiger charge is -2.45. The fourth-order valence-electron chi connectivity index (χ4n) is 7.66. The maximum atomic E-state index is 14.5. The lowest BCUT2D eigenvalue weighted by Crippen LogP contribution is -2.50. The normalized spacial score (nSPS) is 17.5. The number of rotatable bonds is 5. The van der Waals surface area contributed by atoms with Gasteiger partial charge in [-0.3, -0.25) is 14.4 Å². The van der Waals surface area contributed by atoms with Gasteiger partial charge in [0.25, 0.3) is 11.5 Å². The zero-order chi connectivity index (χ0) is 35.4. The van der Waals surface area contributed by atoms with Crippen LogP contribution in [0.25, 0.3) is 11.4 Å². The van der Waals surface area contributed by atoms with Crippen molar-refractivity contribution in [1.29, 1.82) is 0 Å². The summed E-state index contributed by atoms with van der Waals surface area (Å²) in [6.07, 6.45) is 2.39. The van der Waals surface area contributed by atoms with Crippen molar-refractivity contribution in [2.75, 3.05) is 31.6 Å².